The molecule has 1 heterocycles. The molecule has 1 atom stereocenters. The molecule has 6 heteroatoms. The van der Waals surface area contributed by atoms with Crippen LogP contribution in [0.2, 0.25) is 0 Å². The van der Waals surface area contributed by atoms with Crippen LogP contribution in [0.25, 0.3) is 0 Å². The Morgan fingerprint density at radius 1 is 1.33 bits per heavy atom. The summed E-state index contributed by atoms with van der Waals surface area (Å²) in [6.45, 7) is 6.29. The van der Waals surface area contributed by atoms with Crippen LogP contribution in [0.1, 0.15) is 47.0 Å². The predicted octanol–water partition coefficient (Wildman–Crippen LogP) is 5.17. The zero-order valence-corrected chi connectivity index (χ0v) is 15.9. The molecule has 0 aliphatic carbocycles. The summed E-state index contributed by atoms with van der Waals surface area (Å²) in [5.41, 5.74) is 2.70. The van der Waals surface area contributed by atoms with Gasteiger partial charge in [-0.15, -0.1) is 11.3 Å². The van der Waals surface area contributed by atoms with Crippen LogP contribution in [0.5, 0.6) is 0 Å². The first-order valence-electron chi connectivity index (χ1n) is 7.81. The fourth-order valence-corrected chi connectivity index (χ4v) is 3.57. The van der Waals surface area contributed by atoms with Gasteiger partial charge in [0.2, 0.25) is 0 Å². The maximum Gasteiger partial charge on any atom is 0.340 e. The zero-order valence-electron chi connectivity index (χ0n) is 14.3. The van der Waals surface area contributed by atoms with Gasteiger partial charge in [0.05, 0.1) is 12.7 Å². The van der Waals surface area contributed by atoms with Crippen molar-refractivity contribution in [3.05, 3.63) is 46.3 Å². The van der Waals surface area contributed by atoms with Gasteiger partial charge in [0.15, 0.2) is 5.11 Å². The number of thiophene rings is 1. The van der Waals surface area contributed by atoms with E-state index in [-0.39, 0.29) is 5.97 Å². The Balaban J connectivity index is 2.17. The number of hydrogen-bond acceptors (Lipinski definition) is 4. The standard InChI is InChI=1S/C18H22N2O2S2/c1-5-11(2)13-8-6-7-9-15(13)19-18(23)20-16-14(17(21)22-4)10-12(3)24-16/h6-11H,5H2,1-4H3,(H2,19,20,23). The summed E-state index contributed by atoms with van der Waals surface area (Å²) in [5.74, 6) is 0.0655. The molecule has 0 saturated heterocycles. The number of anilines is 2. The third kappa shape index (κ3) is 4.33. The second-order valence-corrected chi connectivity index (χ2v) is 7.23. The van der Waals surface area contributed by atoms with Crippen molar-refractivity contribution < 1.29 is 9.53 Å². The van der Waals surface area contributed by atoms with E-state index < -0.39 is 0 Å². The monoisotopic (exact) mass is 362 g/mol. The molecule has 0 aliphatic heterocycles. The molecule has 24 heavy (non-hydrogen) atoms. The smallest absolute Gasteiger partial charge is 0.340 e. The molecule has 128 valence electrons. The molecule has 0 bridgehead atoms. The molecule has 0 aliphatic rings. The molecule has 1 aromatic heterocycles. The Bertz CT molecular complexity index is 740. The quantitative estimate of drug-likeness (QED) is 0.568. The average Bonchev–Trinajstić information content (AvgIpc) is 2.94. The van der Waals surface area contributed by atoms with Crippen molar-refractivity contribution in [2.45, 2.75) is 33.1 Å². The molecule has 0 amide bonds. The Hall–Kier alpha value is -1.92. The van der Waals surface area contributed by atoms with Gasteiger partial charge in [-0.3, -0.25) is 0 Å². The van der Waals surface area contributed by atoms with E-state index in [1.165, 1.54) is 24.0 Å². The van der Waals surface area contributed by atoms with Gasteiger partial charge >= 0.3 is 5.97 Å². The number of nitrogens with one attached hydrogen (secondary N) is 2. The van der Waals surface area contributed by atoms with Crippen molar-refractivity contribution in [2.75, 3.05) is 17.7 Å². The first kappa shape index (κ1) is 18.4. The topological polar surface area (TPSA) is 50.4 Å². The van der Waals surface area contributed by atoms with E-state index in [0.29, 0.717) is 21.6 Å². The van der Waals surface area contributed by atoms with Crippen molar-refractivity contribution in [2.24, 2.45) is 0 Å². The Kier molecular flexibility index (Phi) is 6.34. The number of rotatable bonds is 5. The Morgan fingerprint density at radius 3 is 2.71 bits per heavy atom. The van der Waals surface area contributed by atoms with Gasteiger partial charge in [-0.2, -0.15) is 0 Å². The van der Waals surface area contributed by atoms with Gasteiger partial charge in [0.1, 0.15) is 5.00 Å². The summed E-state index contributed by atoms with van der Waals surface area (Å²) in [6, 6.07) is 9.92. The van der Waals surface area contributed by atoms with Crippen molar-refractivity contribution >= 4 is 45.3 Å². The number of para-hydroxylation sites is 1. The number of methoxy groups -OCH3 is 1. The van der Waals surface area contributed by atoms with Gasteiger partial charge in [0, 0.05) is 10.6 Å². The van der Waals surface area contributed by atoms with E-state index in [4.69, 9.17) is 17.0 Å². The van der Waals surface area contributed by atoms with Crippen LogP contribution in [0.15, 0.2) is 30.3 Å². The predicted molar refractivity (Wildman–Crippen MR) is 105 cm³/mol. The van der Waals surface area contributed by atoms with Crippen molar-refractivity contribution in [1.82, 2.24) is 0 Å². The van der Waals surface area contributed by atoms with Gasteiger partial charge in [-0.25, -0.2) is 4.79 Å². The lowest BCUT2D eigenvalue weighted by atomic mass is 9.97. The number of thiocarbonyl (C=S) groups is 1. The lowest BCUT2D eigenvalue weighted by Gasteiger charge is -2.17. The van der Waals surface area contributed by atoms with Gasteiger partial charge in [-0.05, 0) is 49.2 Å². The minimum atomic E-state index is -0.371. The van der Waals surface area contributed by atoms with Crippen LogP contribution in [0.3, 0.4) is 0 Å². The minimum absolute atomic E-state index is 0.371. The summed E-state index contributed by atoms with van der Waals surface area (Å²) < 4.78 is 4.82. The summed E-state index contributed by atoms with van der Waals surface area (Å²) in [6.07, 6.45) is 1.05. The zero-order chi connectivity index (χ0) is 17.7. The number of carbonyl (C=O) groups is 1. The lowest BCUT2D eigenvalue weighted by Crippen LogP contribution is -2.21. The molecule has 0 radical (unpaired) electrons. The van der Waals surface area contributed by atoms with E-state index in [1.807, 2.05) is 25.1 Å². The number of ether oxygens (including phenoxy) is 1. The van der Waals surface area contributed by atoms with Crippen LogP contribution < -0.4 is 10.6 Å². The third-order valence-electron chi connectivity index (χ3n) is 3.84. The molecule has 0 fully saturated rings. The number of benzene rings is 1. The van der Waals surface area contributed by atoms with Crippen LogP contribution in [0, 0.1) is 6.92 Å². The second-order valence-electron chi connectivity index (χ2n) is 5.57. The fourth-order valence-electron chi connectivity index (χ4n) is 2.39. The molecule has 1 unspecified atom stereocenters. The van der Waals surface area contributed by atoms with Gasteiger partial charge in [-0.1, -0.05) is 32.0 Å². The van der Waals surface area contributed by atoms with E-state index in [9.17, 15) is 4.79 Å². The Morgan fingerprint density at radius 2 is 2.04 bits per heavy atom. The lowest BCUT2D eigenvalue weighted by molar-refractivity contribution is 0.0602. The fraction of sp³-hybridized carbons (Fsp3) is 0.333. The normalized spacial score (nSPS) is 11.7. The number of aryl methyl sites for hydroxylation is 1. The average molecular weight is 363 g/mol. The van der Waals surface area contributed by atoms with Crippen LogP contribution >= 0.6 is 23.6 Å². The highest BCUT2D eigenvalue weighted by atomic mass is 32.1. The largest absolute Gasteiger partial charge is 0.465 e. The van der Waals surface area contributed by atoms with Crippen molar-refractivity contribution in [3.8, 4) is 0 Å². The Labute approximate surface area is 152 Å². The maximum absolute atomic E-state index is 11.9. The van der Waals surface area contributed by atoms with Crippen molar-refractivity contribution in [3.63, 3.8) is 0 Å². The second kappa shape index (κ2) is 8.26. The summed E-state index contributed by atoms with van der Waals surface area (Å²) in [4.78, 5) is 12.9. The van der Waals surface area contributed by atoms with E-state index in [2.05, 4.69) is 30.5 Å². The highest BCUT2D eigenvalue weighted by molar-refractivity contribution is 7.80. The molecule has 2 aromatic rings. The molecule has 1 aromatic carbocycles. The molecule has 0 spiro atoms. The molecule has 2 rings (SSSR count). The maximum atomic E-state index is 11.9. The first-order chi connectivity index (χ1) is 11.5. The highest BCUT2D eigenvalue weighted by Crippen LogP contribution is 2.29. The molecule has 2 N–H and O–H groups in total. The molecular formula is C18H22N2O2S2. The SMILES string of the molecule is CCC(C)c1ccccc1NC(=S)Nc1sc(C)cc1C(=O)OC. The third-order valence-corrected chi connectivity index (χ3v) is 5.01. The number of esters is 1. The molecule has 0 saturated carbocycles. The summed E-state index contributed by atoms with van der Waals surface area (Å²) in [5, 5.41) is 7.51. The van der Waals surface area contributed by atoms with Crippen LogP contribution in [-0.4, -0.2) is 18.2 Å². The van der Waals surface area contributed by atoms with Gasteiger partial charge in [0.25, 0.3) is 0 Å². The highest BCUT2D eigenvalue weighted by Gasteiger charge is 2.17. The van der Waals surface area contributed by atoms with Crippen LogP contribution in [0.4, 0.5) is 10.7 Å². The van der Waals surface area contributed by atoms with Crippen molar-refractivity contribution in [1.29, 1.82) is 0 Å². The van der Waals surface area contributed by atoms with Gasteiger partial charge < -0.3 is 15.4 Å². The summed E-state index contributed by atoms with van der Waals surface area (Å²) in [7, 11) is 1.37. The molecule has 4 nitrogen and oxygen atoms in total. The minimum Gasteiger partial charge on any atom is -0.465 e. The van der Waals surface area contributed by atoms with Crippen LogP contribution in [-0.2, 0) is 4.74 Å². The molecular weight excluding hydrogens is 340 g/mol. The first-order valence-corrected chi connectivity index (χ1v) is 9.04. The van der Waals surface area contributed by atoms with E-state index >= 15 is 0 Å². The van der Waals surface area contributed by atoms with E-state index in [0.717, 1.165) is 17.0 Å². The number of carbonyl (C=O) groups excluding carboxylic acids is 1. The summed E-state index contributed by atoms with van der Waals surface area (Å²) >= 11 is 6.90. The number of hydrogen-bond donors (Lipinski definition) is 2. The van der Waals surface area contributed by atoms with E-state index in [1.54, 1.807) is 6.07 Å².